The van der Waals surface area contributed by atoms with Gasteiger partial charge in [-0.05, 0) is 30.5 Å². The summed E-state index contributed by atoms with van der Waals surface area (Å²) in [6, 6.07) is 8.33. The Morgan fingerprint density at radius 1 is 1.30 bits per heavy atom. The number of rotatable bonds is 5. The van der Waals surface area contributed by atoms with Gasteiger partial charge in [0.1, 0.15) is 0 Å². The van der Waals surface area contributed by atoms with Crippen molar-refractivity contribution in [3.63, 3.8) is 0 Å². The molecule has 2 aromatic rings. The van der Waals surface area contributed by atoms with Crippen molar-refractivity contribution >= 4 is 34.0 Å². The van der Waals surface area contributed by atoms with Crippen LogP contribution in [0.4, 0.5) is 10.8 Å². The number of hydrogen-bond acceptors (Lipinski definition) is 6. The van der Waals surface area contributed by atoms with E-state index in [-0.39, 0.29) is 5.91 Å². The van der Waals surface area contributed by atoms with Gasteiger partial charge in [0.2, 0.25) is 5.91 Å². The van der Waals surface area contributed by atoms with E-state index in [0.29, 0.717) is 5.13 Å². The van der Waals surface area contributed by atoms with Crippen LogP contribution in [0, 0.1) is 0 Å². The van der Waals surface area contributed by atoms with E-state index in [1.54, 1.807) is 0 Å². The van der Waals surface area contributed by atoms with Crippen LogP contribution in [0.1, 0.15) is 18.2 Å². The molecule has 120 valence electrons. The molecule has 1 aliphatic rings. The molecule has 0 unspecified atom stereocenters. The van der Waals surface area contributed by atoms with Crippen LogP contribution in [-0.2, 0) is 17.6 Å². The molecule has 0 aliphatic carbocycles. The van der Waals surface area contributed by atoms with Gasteiger partial charge >= 0.3 is 0 Å². The fraction of sp³-hybridized carbons (Fsp3) is 0.312. The topological polar surface area (TPSA) is 78.4 Å². The van der Waals surface area contributed by atoms with Crippen LogP contribution < -0.4 is 16.0 Å². The zero-order chi connectivity index (χ0) is 16.1. The number of aliphatic imine (C=N–C) groups is 1. The summed E-state index contributed by atoms with van der Waals surface area (Å²) in [5, 5.41) is 11.8. The quantitative estimate of drug-likeness (QED) is 0.786. The maximum Gasteiger partial charge on any atom is 0.223 e. The Kier molecular flexibility index (Phi) is 4.87. The van der Waals surface area contributed by atoms with Crippen molar-refractivity contribution in [1.82, 2.24) is 10.3 Å². The third-order valence-electron chi connectivity index (χ3n) is 3.40. The summed E-state index contributed by atoms with van der Waals surface area (Å²) >= 11 is 1.46. The average molecular weight is 329 g/mol. The van der Waals surface area contributed by atoms with Crippen LogP contribution in [0.3, 0.4) is 0 Å². The fourth-order valence-electron chi connectivity index (χ4n) is 2.28. The summed E-state index contributed by atoms with van der Waals surface area (Å²) in [6.07, 6.45) is 1.78. The number of thiazole rings is 1. The van der Waals surface area contributed by atoms with E-state index >= 15 is 0 Å². The van der Waals surface area contributed by atoms with Crippen LogP contribution in [0.25, 0.3) is 0 Å². The van der Waals surface area contributed by atoms with Crippen molar-refractivity contribution in [1.29, 1.82) is 0 Å². The number of carbonyl (C=O) groups excluding carboxylic acids is 1. The Hall–Kier alpha value is -2.41. The Bertz CT molecular complexity index is 708. The van der Waals surface area contributed by atoms with Crippen LogP contribution in [0.5, 0.6) is 0 Å². The number of nitrogens with zero attached hydrogens (tertiary/aromatic N) is 2. The zero-order valence-corrected chi connectivity index (χ0v) is 13.7. The second kappa shape index (κ2) is 7.23. The van der Waals surface area contributed by atoms with Gasteiger partial charge in [-0.15, -0.1) is 11.3 Å². The van der Waals surface area contributed by atoms with E-state index in [9.17, 15) is 4.79 Å². The molecular formula is C16H19N5OS. The monoisotopic (exact) mass is 329 g/mol. The highest BCUT2D eigenvalue weighted by Crippen LogP contribution is 2.17. The van der Waals surface area contributed by atoms with Gasteiger partial charge in [0.05, 0.1) is 12.2 Å². The molecule has 6 nitrogen and oxygen atoms in total. The molecule has 1 amide bonds. The van der Waals surface area contributed by atoms with E-state index in [2.05, 4.69) is 50.2 Å². The Morgan fingerprint density at radius 3 is 2.83 bits per heavy atom. The number of benzene rings is 1. The van der Waals surface area contributed by atoms with Crippen molar-refractivity contribution in [3.8, 4) is 0 Å². The lowest BCUT2D eigenvalue weighted by molar-refractivity contribution is -0.114. The van der Waals surface area contributed by atoms with Gasteiger partial charge in [0, 0.05) is 24.5 Å². The van der Waals surface area contributed by atoms with Crippen molar-refractivity contribution in [2.45, 2.75) is 19.8 Å². The molecule has 0 saturated carbocycles. The summed E-state index contributed by atoms with van der Waals surface area (Å²) in [7, 11) is 0. The molecule has 0 fully saturated rings. The number of guanidine groups is 1. The number of nitrogens with one attached hydrogen (secondary N) is 3. The summed E-state index contributed by atoms with van der Waals surface area (Å²) in [5.41, 5.74) is 3.29. The minimum absolute atomic E-state index is 0.0876. The zero-order valence-electron chi connectivity index (χ0n) is 12.9. The van der Waals surface area contributed by atoms with Crippen molar-refractivity contribution < 1.29 is 4.79 Å². The van der Waals surface area contributed by atoms with Gasteiger partial charge in [-0.25, -0.2) is 4.98 Å². The number of amides is 1. The predicted molar refractivity (Wildman–Crippen MR) is 94.2 cm³/mol. The molecule has 7 heteroatoms. The lowest BCUT2D eigenvalue weighted by atomic mass is 10.1. The minimum atomic E-state index is -0.0876. The standard InChI is InChI=1S/C16H19N5OS/c1-11(22)19-16-21-14(10-23-16)7-4-12-2-5-13(6-3-12)20-15-17-8-9-18-15/h2-3,5-6,10H,4,7-9H2,1H3,(H2,17,18,20)(H,19,21,22). The number of aromatic nitrogens is 1. The molecule has 3 N–H and O–H groups in total. The van der Waals surface area contributed by atoms with Gasteiger partial charge in [-0.3, -0.25) is 9.79 Å². The third kappa shape index (κ3) is 4.53. The Labute approximate surface area is 139 Å². The first-order valence-electron chi connectivity index (χ1n) is 7.55. The van der Waals surface area contributed by atoms with Crippen molar-refractivity contribution in [3.05, 3.63) is 40.9 Å². The Morgan fingerprint density at radius 2 is 2.13 bits per heavy atom. The van der Waals surface area contributed by atoms with E-state index in [1.165, 1.54) is 23.8 Å². The van der Waals surface area contributed by atoms with E-state index in [0.717, 1.165) is 43.3 Å². The molecule has 0 spiro atoms. The second-order valence-corrected chi connectivity index (χ2v) is 6.16. The molecule has 3 rings (SSSR count). The highest BCUT2D eigenvalue weighted by Gasteiger charge is 2.06. The molecule has 1 aromatic carbocycles. The van der Waals surface area contributed by atoms with E-state index < -0.39 is 0 Å². The van der Waals surface area contributed by atoms with E-state index in [1.807, 2.05) is 5.38 Å². The van der Waals surface area contributed by atoms with Gasteiger partial charge in [-0.1, -0.05) is 12.1 Å². The number of aryl methyl sites for hydroxylation is 2. The lowest BCUT2D eigenvalue weighted by Crippen LogP contribution is -2.26. The van der Waals surface area contributed by atoms with Crippen molar-refractivity contribution in [2.75, 3.05) is 23.7 Å². The number of carbonyl (C=O) groups is 1. The minimum Gasteiger partial charge on any atom is -0.354 e. The largest absolute Gasteiger partial charge is 0.354 e. The second-order valence-electron chi connectivity index (χ2n) is 5.30. The highest BCUT2D eigenvalue weighted by atomic mass is 32.1. The normalized spacial score (nSPS) is 13.3. The first-order valence-corrected chi connectivity index (χ1v) is 8.43. The summed E-state index contributed by atoms with van der Waals surface area (Å²) in [6.45, 7) is 3.21. The molecule has 1 aliphatic heterocycles. The maximum atomic E-state index is 11.0. The molecule has 1 aromatic heterocycles. The lowest BCUT2D eigenvalue weighted by Gasteiger charge is -2.07. The van der Waals surface area contributed by atoms with Crippen LogP contribution in [0.15, 0.2) is 34.6 Å². The molecule has 2 heterocycles. The van der Waals surface area contributed by atoms with Crippen molar-refractivity contribution in [2.24, 2.45) is 4.99 Å². The number of anilines is 2. The van der Waals surface area contributed by atoms with Crippen LogP contribution in [-0.4, -0.2) is 29.9 Å². The van der Waals surface area contributed by atoms with Gasteiger partial charge in [0.15, 0.2) is 11.1 Å². The first-order chi connectivity index (χ1) is 11.2. The molecule has 0 radical (unpaired) electrons. The smallest absolute Gasteiger partial charge is 0.223 e. The first kappa shape index (κ1) is 15.5. The van der Waals surface area contributed by atoms with Gasteiger partial charge in [-0.2, -0.15) is 0 Å². The van der Waals surface area contributed by atoms with Gasteiger partial charge in [0.25, 0.3) is 0 Å². The van der Waals surface area contributed by atoms with Crippen LogP contribution in [0.2, 0.25) is 0 Å². The Balaban J connectivity index is 1.52. The molecular weight excluding hydrogens is 310 g/mol. The maximum absolute atomic E-state index is 11.0. The SMILES string of the molecule is CC(=O)Nc1nc(CCc2ccc(NC3=NCCN3)cc2)cs1. The summed E-state index contributed by atoms with van der Waals surface area (Å²) < 4.78 is 0. The molecule has 0 atom stereocenters. The van der Waals surface area contributed by atoms with Gasteiger partial charge < -0.3 is 16.0 Å². The third-order valence-corrected chi connectivity index (χ3v) is 4.20. The fourth-order valence-corrected chi connectivity index (χ4v) is 3.07. The average Bonchev–Trinajstić information content (AvgIpc) is 3.18. The number of hydrogen-bond donors (Lipinski definition) is 3. The summed E-state index contributed by atoms with van der Waals surface area (Å²) in [5.74, 6) is 0.751. The molecule has 23 heavy (non-hydrogen) atoms. The molecule has 0 saturated heterocycles. The summed E-state index contributed by atoms with van der Waals surface area (Å²) in [4.78, 5) is 19.7. The predicted octanol–water partition coefficient (Wildman–Crippen LogP) is 2.26. The van der Waals surface area contributed by atoms with Crippen LogP contribution >= 0.6 is 11.3 Å². The van der Waals surface area contributed by atoms with E-state index in [4.69, 9.17) is 0 Å². The highest BCUT2D eigenvalue weighted by molar-refractivity contribution is 7.13. The molecule has 0 bridgehead atoms.